The minimum absolute atomic E-state index is 0.671. The van der Waals surface area contributed by atoms with E-state index in [1.165, 1.54) is 68.6 Å². The number of piperidine rings is 1. The highest BCUT2D eigenvalue weighted by Gasteiger charge is 2.26. The number of nitrogens with zero attached hydrogens (tertiary/aromatic N) is 2. The van der Waals surface area contributed by atoms with Crippen molar-refractivity contribution in [3.05, 3.63) is 52.8 Å². The maximum Gasteiger partial charge on any atom is 0.0688 e. The highest BCUT2D eigenvalue weighted by atomic mass is 15.1. The van der Waals surface area contributed by atoms with E-state index < -0.39 is 0 Å². The fourth-order valence-electron chi connectivity index (χ4n) is 4.05. The molecule has 0 saturated carbocycles. The summed E-state index contributed by atoms with van der Waals surface area (Å²) >= 11 is 0. The van der Waals surface area contributed by atoms with Crippen molar-refractivity contribution < 1.29 is 0 Å². The smallest absolute Gasteiger partial charge is 0.0688 e. The van der Waals surface area contributed by atoms with Gasteiger partial charge in [-0.15, -0.1) is 0 Å². The fourth-order valence-corrected chi connectivity index (χ4v) is 4.05. The maximum atomic E-state index is 4.69. The Labute approximate surface area is 132 Å². The molecule has 0 unspecified atom stereocenters. The lowest BCUT2D eigenvalue weighted by molar-refractivity contribution is 0.203. The van der Waals surface area contributed by atoms with Crippen molar-refractivity contribution in [3.8, 4) is 0 Å². The zero-order valence-electron chi connectivity index (χ0n) is 13.2. The molecule has 0 atom stereocenters. The molecule has 22 heavy (non-hydrogen) atoms. The van der Waals surface area contributed by atoms with Gasteiger partial charge in [0.1, 0.15) is 0 Å². The third-order valence-corrected chi connectivity index (χ3v) is 5.31. The van der Waals surface area contributed by atoms with Gasteiger partial charge in [-0.25, -0.2) is 0 Å². The second kappa shape index (κ2) is 6.25. The van der Waals surface area contributed by atoms with Gasteiger partial charge in [0.25, 0.3) is 0 Å². The van der Waals surface area contributed by atoms with Gasteiger partial charge in [-0.3, -0.25) is 10.00 Å². The number of benzene rings is 1. The molecule has 2 aromatic rings. The van der Waals surface area contributed by atoms with Crippen LogP contribution < -0.4 is 0 Å². The number of hydrogen-bond acceptors (Lipinski definition) is 2. The van der Waals surface area contributed by atoms with Crippen LogP contribution in [0.2, 0.25) is 0 Å². The third-order valence-electron chi connectivity index (χ3n) is 5.31. The monoisotopic (exact) mass is 295 g/mol. The average Bonchev–Trinajstić information content (AvgIpc) is 3.01. The van der Waals surface area contributed by atoms with Crippen LogP contribution in [0.25, 0.3) is 0 Å². The van der Waals surface area contributed by atoms with Crippen LogP contribution >= 0.6 is 0 Å². The number of aromatic nitrogens is 2. The highest BCUT2D eigenvalue weighted by molar-refractivity contribution is 5.30. The Kier molecular flexibility index (Phi) is 3.98. The molecule has 4 rings (SSSR count). The number of aryl methyl sites for hydroxylation is 1. The molecule has 1 aromatic heterocycles. The minimum Gasteiger partial charge on any atom is -0.299 e. The molecule has 2 heterocycles. The molecule has 1 aliphatic carbocycles. The molecule has 0 amide bonds. The van der Waals surface area contributed by atoms with E-state index in [1.807, 2.05) is 0 Å². The Morgan fingerprint density at radius 3 is 2.64 bits per heavy atom. The summed E-state index contributed by atoms with van der Waals surface area (Å²) in [4.78, 5) is 2.59. The largest absolute Gasteiger partial charge is 0.299 e. The van der Waals surface area contributed by atoms with E-state index in [9.17, 15) is 0 Å². The molecule has 0 spiro atoms. The molecule has 1 aromatic carbocycles. The van der Waals surface area contributed by atoms with Gasteiger partial charge in [0, 0.05) is 18.2 Å². The standard InChI is InChI=1S/C19H25N3/c1-2-6-15(7-3-1)14-22-12-10-16(11-13-22)19-17-8-4-5-9-18(17)20-21-19/h1-3,6-7,16H,4-5,8-14H2,(H,20,21). The van der Waals surface area contributed by atoms with Crippen LogP contribution in [0.5, 0.6) is 0 Å². The van der Waals surface area contributed by atoms with E-state index in [0.717, 1.165) is 6.54 Å². The summed E-state index contributed by atoms with van der Waals surface area (Å²) in [5, 5.41) is 8.00. The van der Waals surface area contributed by atoms with Crippen molar-refractivity contribution in [1.29, 1.82) is 0 Å². The fraction of sp³-hybridized carbons (Fsp3) is 0.526. The zero-order chi connectivity index (χ0) is 14.8. The second-order valence-electron chi connectivity index (χ2n) is 6.81. The zero-order valence-corrected chi connectivity index (χ0v) is 13.2. The van der Waals surface area contributed by atoms with Crippen LogP contribution in [0.15, 0.2) is 30.3 Å². The number of nitrogens with one attached hydrogen (secondary N) is 1. The first-order chi connectivity index (χ1) is 10.9. The van der Waals surface area contributed by atoms with Gasteiger partial charge in [-0.1, -0.05) is 30.3 Å². The van der Waals surface area contributed by atoms with Crippen LogP contribution in [0.1, 0.15) is 54.1 Å². The van der Waals surface area contributed by atoms with Gasteiger partial charge < -0.3 is 0 Å². The van der Waals surface area contributed by atoms with Crippen molar-refractivity contribution in [1.82, 2.24) is 15.1 Å². The van der Waals surface area contributed by atoms with Crippen molar-refractivity contribution in [2.75, 3.05) is 13.1 Å². The SMILES string of the molecule is c1ccc(CN2CCC(c3n[nH]c4c3CCCC4)CC2)cc1. The Morgan fingerprint density at radius 1 is 1.05 bits per heavy atom. The lowest BCUT2D eigenvalue weighted by atomic mass is 9.86. The molecule has 116 valence electrons. The van der Waals surface area contributed by atoms with E-state index >= 15 is 0 Å². The predicted octanol–water partition coefficient (Wildman–Crippen LogP) is 3.67. The summed E-state index contributed by atoms with van der Waals surface area (Å²) in [5.74, 6) is 0.671. The first-order valence-electron chi connectivity index (χ1n) is 8.72. The van der Waals surface area contributed by atoms with Gasteiger partial charge in [-0.05, 0) is 62.7 Å². The van der Waals surface area contributed by atoms with E-state index in [1.54, 1.807) is 5.56 Å². The van der Waals surface area contributed by atoms with Crippen LogP contribution in [0, 0.1) is 0 Å². The molecule has 1 N–H and O–H groups in total. The third kappa shape index (κ3) is 2.82. The Hall–Kier alpha value is -1.61. The van der Waals surface area contributed by atoms with E-state index in [2.05, 4.69) is 45.4 Å². The van der Waals surface area contributed by atoms with Gasteiger partial charge in [-0.2, -0.15) is 5.10 Å². The number of hydrogen-bond donors (Lipinski definition) is 1. The molecule has 2 aliphatic rings. The van der Waals surface area contributed by atoms with Crippen molar-refractivity contribution in [2.45, 2.75) is 51.0 Å². The molecule has 0 radical (unpaired) electrons. The van der Waals surface area contributed by atoms with Crippen LogP contribution in [0.4, 0.5) is 0 Å². The molecule has 3 nitrogen and oxygen atoms in total. The number of likely N-dealkylation sites (tertiary alicyclic amines) is 1. The maximum absolute atomic E-state index is 4.69. The number of H-pyrrole nitrogens is 1. The second-order valence-corrected chi connectivity index (χ2v) is 6.81. The Bertz CT molecular complexity index is 609. The predicted molar refractivity (Wildman–Crippen MR) is 88.9 cm³/mol. The van der Waals surface area contributed by atoms with Crippen LogP contribution in [-0.4, -0.2) is 28.2 Å². The van der Waals surface area contributed by atoms with Crippen molar-refractivity contribution in [3.63, 3.8) is 0 Å². The first-order valence-corrected chi connectivity index (χ1v) is 8.72. The van der Waals surface area contributed by atoms with E-state index in [-0.39, 0.29) is 0 Å². The van der Waals surface area contributed by atoms with Gasteiger partial charge >= 0.3 is 0 Å². The van der Waals surface area contributed by atoms with Gasteiger partial charge in [0.15, 0.2) is 0 Å². The van der Waals surface area contributed by atoms with E-state index in [0.29, 0.717) is 5.92 Å². The topological polar surface area (TPSA) is 31.9 Å². The number of aromatic amines is 1. The van der Waals surface area contributed by atoms with E-state index in [4.69, 9.17) is 0 Å². The molecule has 0 bridgehead atoms. The summed E-state index contributed by atoms with van der Waals surface area (Å²) in [6.45, 7) is 3.48. The number of rotatable bonds is 3. The summed E-state index contributed by atoms with van der Waals surface area (Å²) in [5.41, 5.74) is 5.81. The lowest BCUT2D eigenvalue weighted by Gasteiger charge is -2.32. The van der Waals surface area contributed by atoms with Crippen molar-refractivity contribution in [2.24, 2.45) is 0 Å². The Morgan fingerprint density at radius 2 is 1.82 bits per heavy atom. The molecule has 1 aliphatic heterocycles. The molecular weight excluding hydrogens is 270 g/mol. The molecule has 1 fully saturated rings. The summed E-state index contributed by atoms with van der Waals surface area (Å²) in [6, 6.07) is 10.8. The lowest BCUT2D eigenvalue weighted by Crippen LogP contribution is -2.32. The molecule has 1 saturated heterocycles. The Balaban J connectivity index is 1.39. The van der Waals surface area contributed by atoms with Crippen molar-refractivity contribution >= 4 is 0 Å². The van der Waals surface area contributed by atoms with Crippen LogP contribution in [0.3, 0.4) is 0 Å². The average molecular weight is 295 g/mol. The first kappa shape index (κ1) is 14.0. The molecular formula is C19H25N3. The highest BCUT2D eigenvalue weighted by Crippen LogP contribution is 2.33. The summed E-state index contributed by atoms with van der Waals surface area (Å²) < 4.78 is 0. The number of fused-ring (bicyclic) bond motifs is 1. The summed E-state index contributed by atoms with van der Waals surface area (Å²) in [7, 11) is 0. The quantitative estimate of drug-likeness (QED) is 0.937. The normalized spacial score (nSPS) is 20.0. The molecule has 3 heteroatoms. The summed E-state index contributed by atoms with van der Waals surface area (Å²) in [6.07, 6.45) is 7.62. The minimum atomic E-state index is 0.671. The van der Waals surface area contributed by atoms with Gasteiger partial charge in [0.05, 0.1) is 5.69 Å². The van der Waals surface area contributed by atoms with Crippen LogP contribution in [-0.2, 0) is 19.4 Å². The van der Waals surface area contributed by atoms with Gasteiger partial charge in [0.2, 0.25) is 0 Å².